The van der Waals surface area contributed by atoms with Gasteiger partial charge in [-0.1, -0.05) is 12.1 Å². The van der Waals surface area contributed by atoms with Crippen LogP contribution >= 0.6 is 0 Å². The van der Waals surface area contributed by atoms with E-state index in [0.717, 1.165) is 37.6 Å². The summed E-state index contributed by atoms with van der Waals surface area (Å²) in [5, 5.41) is 7.85. The number of amides is 3. The number of carbonyl (C=O) groups excluding carboxylic acids is 3. The molecule has 0 aromatic heterocycles. The molecular formula is C23H29N5O4. The summed E-state index contributed by atoms with van der Waals surface area (Å²) in [6.45, 7) is 5.93. The molecule has 9 nitrogen and oxygen atoms in total. The smallest absolute Gasteiger partial charge is 0.313 e. The zero-order valence-corrected chi connectivity index (χ0v) is 18.4. The highest BCUT2D eigenvalue weighted by Gasteiger charge is 2.20. The molecule has 0 spiro atoms. The van der Waals surface area contributed by atoms with Crippen LogP contribution in [0.3, 0.4) is 0 Å². The summed E-state index contributed by atoms with van der Waals surface area (Å²) >= 11 is 0. The van der Waals surface area contributed by atoms with Crippen molar-refractivity contribution in [3.63, 3.8) is 0 Å². The van der Waals surface area contributed by atoms with E-state index in [1.165, 1.54) is 6.92 Å². The molecule has 1 aliphatic rings. The third-order valence-electron chi connectivity index (χ3n) is 5.18. The van der Waals surface area contributed by atoms with Gasteiger partial charge < -0.3 is 25.6 Å². The Morgan fingerprint density at radius 2 is 1.50 bits per heavy atom. The largest absolute Gasteiger partial charge is 0.495 e. The van der Waals surface area contributed by atoms with E-state index >= 15 is 0 Å². The second-order valence-electron chi connectivity index (χ2n) is 7.47. The van der Waals surface area contributed by atoms with Gasteiger partial charge in [0.05, 0.1) is 12.8 Å². The van der Waals surface area contributed by atoms with Crippen LogP contribution in [0.2, 0.25) is 0 Å². The fraction of sp³-hybridized carbons (Fsp3) is 0.348. The van der Waals surface area contributed by atoms with E-state index in [1.54, 1.807) is 31.4 Å². The lowest BCUT2D eigenvalue weighted by atomic mass is 10.2. The van der Waals surface area contributed by atoms with Gasteiger partial charge in [0.2, 0.25) is 5.91 Å². The minimum Gasteiger partial charge on any atom is -0.495 e. The van der Waals surface area contributed by atoms with Crippen molar-refractivity contribution >= 4 is 34.8 Å². The summed E-state index contributed by atoms with van der Waals surface area (Å²) in [6, 6.07) is 14.5. The summed E-state index contributed by atoms with van der Waals surface area (Å²) in [7, 11) is 1.68. The molecule has 1 heterocycles. The van der Waals surface area contributed by atoms with Gasteiger partial charge in [-0.2, -0.15) is 0 Å². The lowest BCUT2D eigenvalue weighted by molar-refractivity contribution is -0.136. The number of nitrogens with one attached hydrogen (secondary N) is 3. The predicted molar refractivity (Wildman–Crippen MR) is 124 cm³/mol. The Balaban J connectivity index is 1.37. The summed E-state index contributed by atoms with van der Waals surface area (Å²) in [6.07, 6.45) is 0. The maximum Gasteiger partial charge on any atom is 0.313 e. The Morgan fingerprint density at radius 1 is 0.875 bits per heavy atom. The molecule has 3 rings (SSSR count). The fourth-order valence-corrected chi connectivity index (χ4v) is 3.54. The molecule has 2 aromatic carbocycles. The highest BCUT2D eigenvalue weighted by atomic mass is 16.5. The molecule has 0 radical (unpaired) electrons. The quantitative estimate of drug-likeness (QED) is 0.566. The fourth-order valence-electron chi connectivity index (χ4n) is 3.54. The van der Waals surface area contributed by atoms with Crippen LogP contribution in [0.4, 0.5) is 17.1 Å². The molecule has 0 atom stereocenters. The molecule has 1 saturated heterocycles. The maximum absolute atomic E-state index is 12.1. The number of carbonyl (C=O) groups is 3. The molecule has 0 bridgehead atoms. The van der Waals surface area contributed by atoms with Crippen molar-refractivity contribution in [1.82, 2.24) is 10.2 Å². The lowest BCUT2D eigenvalue weighted by Crippen LogP contribution is -2.49. The second kappa shape index (κ2) is 11.1. The molecule has 2 aromatic rings. The van der Waals surface area contributed by atoms with E-state index in [1.807, 2.05) is 18.2 Å². The van der Waals surface area contributed by atoms with Crippen molar-refractivity contribution in [2.75, 3.05) is 61.9 Å². The van der Waals surface area contributed by atoms with E-state index < -0.39 is 11.8 Å². The van der Waals surface area contributed by atoms with Crippen LogP contribution in [0, 0.1) is 0 Å². The average Bonchev–Trinajstić information content (AvgIpc) is 2.80. The number of ether oxygens (including phenoxy) is 1. The summed E-state index contributed by atoms with van der Waals surface area (Å²) < 4.78 is 5.45. The zero-order valence-electron chi connectivity index (χ0n) is 18.4. The van der Waals surface area contributed by atoms with Crippen molar-refractivity contribution in [3.05, 3.63) is 48.5 Å². The van der Waals surface area contributed by atoms with Gasteiger partial charge in [0.1, 0.15) is 5.75 Å². The van der Waals surface area contributed by atoms with Gasteiger partial charge in [0.25, 0.3) is 0 Å². The molecule has 3 N–H and O–H groups in total. The van der Waals surface area contributed by atoms with Crippen molar-refractivity contribution in [1.29, 1.82) is 0 Å². The van der Waals surface area contributed by atoms with E-state index in [-0.39, 0.29) is 5.91 Å². The number of methoxy groups -OCH3 is 1. The van der Waals surface area contributed by atoms with E-state index in [0.29, 0.717) is 24.5 Å². The first-order valence-electron chi connectivity index (χ1n) is 10.5. The number of rotatable bonds is 7. The maximum atomic E-state index is 12.1. The summed E-state index contributed by atoms with van der Waals surface area (Å²) in [4.78, 5) is 39.8. The Hall–Kier alpha value is -3.59. The van der Waals surface area contributed by atoms with Crippen molar-refractivity contribution in [2.45, 2.75) is 6.92 Å². The predicted octanol–water partition coefficient (Wildman–Crippen LogP) is 1.53. The highest BCUT2D eigenvalue weighted by molar-refractivity contribution is 6.39. The van der Waals surface area contributed by atoms with Crippen molar-refractivity contribution in [3.8, 4) is 5.75 Å². The molecule has 0 saturated carbocycles. The molecule has 9 heteroatoms. The average molecular weight is 440 g/mol. The van der Waals surface area contributed by atoms with Gasteiger partial charge in [-0.15, -0.1) is 0 Å². The van der Waals surface area contributed by atoms with Gasteiger partial charge in [0, 0.05) is 57.6 Å². The number of nitrogens with zero attached hydrogens (tertiary/aromatic N) is 2. The third-order valence-corrected chi connectivity index (χ3v) is 5.18. The van der Waals surface area contributed by atoms with Crippen molar-refractivity contribution < 1.29 is 19.1 Å². The SMILES string of the molecule is COc1ccccc1N1CCN(CCNC(=O)C(=O)Nc2ccc(NC(C)=O)cc2)CC1. The van der Waals surface area contributed by atoms with Gasteiger partial charge in [-0.25, -0.2) is 0 Å². The molecular weight excluding hydrogens is 410 g/mol. The van der Waals surface area contributed by atoms with Gasteiger partial charge >= 0.3 is 11.8 Å². The normalized spacial score (nSPS) is 13.9. The van der Waals surface area contributed by atoms with Crippen LogP contribution in [0.1, 0.15) is 6.92 Å². The molecule has 0 aliphatic carbocycles. The third kappa shape index (κ3) is 6.45. The van der Waals surface area contributed by atoms with Crippen LogP contribution in [0.15, 0.2) is 48.5 Å². The van der Waals surface area contributed by atoms with E-state index in [9.17, 15) is 14.4 Å². The number of hydrogen-bond acceptors (Lipinski definition) is 6. The number of anilines is 3. The highest BCUT2D eigenvalue weighted by Crippen LogP contribution is 2.28. The molecule has 1 fully saturated rings. The molecule has 3 amide bonds. The molecule has 0 unspecified atom stereocenters. The number of para-hydroxylation sites is 2. The Kier molecular flexibility index (Phi) is 8.04. The topological polar surface area (TPSA) is 103 Å². The monoisotopic (exact) mass is 439 g/mol. The first-order chi connectivity index (χ1) is 15.5. The van der Waals surface area contributed by atoms with Crippen LogP contribution in [0.5, 0.6) is 5.75 Å². The van der Waals surface area contributed by atoms with Gasteiger partial charge in [-0.3, -0.25) is 19.3 Å². The van der Waals surface area contributed by atoms with E-state index in [4.69, 9.17) is 4.74 Å². The number of piperazine rings is 1. The molecule has 1 aliphatic heterocycles. The first-order valence-corrected chi connectivity index (χ1v) is 10.5. The van der Waals surface area contributed by atoms with Gasteiger partial charge in [0.15, 0.2) is 0 Å². The molecule has 170 valence electrons. The van der Waals surface area contributed by atoms with E-state index in [2.05, 4.69) is 31.8 Å². The zero-order chi connectivity index (χ0) is 22.9. The van der Waals surface area contributed by atoms with Crippen LogP contribution in [0.25, 0.3) is 0 Å². The minimum atomic E-state index is -0.724. The lowest BCUT2D eigenvalue weighted by Gasteiger charge is -2.36. The molecule has 32 heavy (non-hydrogen) atoms. The van der Waals surface area contributed by atoms with Crippen LogP contribution in [-0.2, 0) is 14.4 Å². The summed E-state index contributed by atoms with van der Waals surface area (Å²) in [5.41, 5.74) is 2.18. The summed E-state index contributed by atoms with van der Waals surface area (Å²) in [5.74, 6) is -0.715. The van der Waals surface area contributed by atoms with Crippen LogP contribution < -0.4 is 25.6 Å². The van der Waals surface area contributed by atoms with Crippen molar-refractivity contribution in [2.24, 2.45) is 0 Å². The Labute approximate surface area is 187 Å². The number of hydrogen-bond donors (Lipinski definition) is 3. The standard InChI is InChI=1S/C23H29N5O4/c1-17(29)25-18-7-9-19(10-8-18)26-23(31)22(30)24-11-12-27-13-15-28(16-14-27)20-5-3-4-6-21(20)32-2/h3-10H,11-16H2,1-2H3,(H,24,30)(H,25,29)(H,26,31). The first kappa shape index (κ1) is 23.1. The number of benzene rings is 2. The van der Waals surface area contributed by atoms with Gasteiger partial charge in [-0.05, 0) is 36.4 Å². The minimum absolute atomic E-state index is 0.178. The Bertz CT molecular complexity index is 940. The van der Waals surface area contributed by atoms with Crippen LogP contribution in [-0.4, -0.2) is 69.0 Å². The Morgan fingerprint density at radius 3 is 2.12 bits per heavy atom. The second-order valence-corrected chi connectivity index (χ2v) is 7.47.